The number of hydroxylamine groups is 1. The monoisotopic (exact) mass is 593 g/mol. The Kier molecular flexibility index (Phi) is 11.8. The molecule has 232 valence electrons. The van der Waals surface area contributed by atoms with Crippen LogP contribution in [0.2, 0.25) is 0 Å². The molecule has 1 N–H and O–H groups in total. The lowest BCUT2D eigenvalue weighted by Gasteiger charge is -2.47. The number of benzene rings is 1. The first-order chi connectivity index (χ1) is 20.5. The largest absolute Gasteiger partial charge is 0.468 e. The Balaban J connectivity index is 1.89. The highest BCUT2D eigenvalue weighted by Crippen LogP contribution is 2.53. The van der Waals surface area contributed by atoms with E-state index in [0.29, 0.717) is 35.0 Å². The Morgan fingerprint density at radius 1 is 1.14 bits per heavy atom. The number of carbonyl (C=O) groups is 5. The highest BCUT2D eigenvalue weighted by molar-refractivity contribution is 6.09. The van der Waals surface area contributed by atoms with Crippen LogP contribution in [0, 0.1) is 17.3 Å². The van der Waals surface area contributed by atoms with Crippen molar-refractivity contribution < 1.29 is 38.3 Å². The molecule has 3 rings (SSSR count). The molecule has 1 saturated carbocycles. The van der Waals surface area contributed by atoms with Crippen molar-refractivity contribution in [3.8, 4) is 0 Å². The van der Waals surface area contributed by atoms with Gasteiger partial charge in [0.2, 0.25) is 0 Å². The van der Waals surface area contributed by atoms with Crippen LogP contribution in [-0.2, 0) is 38.3 Å². The minimum atomic E-state index is -1.05. The van der Waals surface area contributed by atoms with Gasteiger partial charge in [-0.1, -0.05) is 70.0 Å². The second kappa shape index (κ2) is 15.0. The van der Waals surface area contributed by atoms with Gasteiger partial charge in [-0.15, -0.1) is 5.48 Å². The lowest BCUT2D eigenvalue weighted by molar-refractivity contribution is -0.168. The van der Waals surface area contributed by atoms with E-state index in [1.807, 2.05) is 13.0 Å². The number of fused-ring (bicyclic) bond motifs is 1. The summed E-state index contributed by atoms with van der Waals surface area (Å²) in [4.78, 5) is 69.5. The summed E-state index contributed by atoms with van der Waals surface area (Å²) in [7, 11) is 1.24. The number of rotatable bonds is 12. The quantitative estimate of drug-likeness (QED) is 0.110. The SMILES string of the molecule is CCCCC(C)/C=C(\C)C(=O)O[C@@H]1CC[C@H](C(=O)ON[C@@H](C(=O)OC)c2ccccc2)[C@@]2(C)C/C(=C(/C)C=O)C(=O)C=C12. The van der Waals surface area contributed by atoms with Crippen molar-refractivity contribution in [1.82, 2.24) is 5.48 Å². The Bertz CT molecular complexity index is 1310. The summed E-state index contributed by atoms with van der Waals surface area (Å²) in [5.41, 5.74) is 3.71. The number of hydrogen-bond donors (Lipinski definition) is 1. The van der Waals surface area contributed by atoms with Crippen LogP contribution in [0.4, 0.5) is 0 Å². The van der Waals surface area contributed by atoms with Crippen LogP contribution < -0.4 is 5.48 Å². The zero-order chi connectivity index (χ0) is 31.7. The fourth-order valence-corrected chi connectivity index (χ4v) is 5.96. The number of ketones is 1. The van der Waals surface area contributed by atoms with Gasteiger partial charge in [0.15, 0.2) is 11.8 Å². The Hall–Kier alpha value is -3.85. The highest BCUT2D eigenvalue weighted by Gasteiger charge is 2.53. The number of esters is 2. The summed E-state index contributed by atoms with van der Waals surface area (Å²) < 4.78 is 10.8. The molecule has 0 radical (unpaired) electrons. The van der Waals surface area contributed by atoms with Gasteiger partial charge < -0.3 is 14.3 Å². The van der Waals surface area contributed by atoms with Crippen LogP contribution in [0.5, 0.6) is 0 Å². The van der Waals surface area contributed by atoms with Gasteiger partial charge in [-0.3, -0.25) is 14.4 Å². The maximum atomic E-state index is 13.6. The van der Waals surface area contributed by atoms with E-state index in [1.165, 1.54) is 13.2 Å². The third kappa shape index (κ3) is 7.96. The first-order valence-electron chi connectivity index (χ1n) is 14.9. The van der Waals surface area contributed by atoms with Crippen LogP contribution in [0.1, 0.15) is 84.7 Å². The number of hydrogen-bond acceptors (Lipinski definition) is 9. The lowest BCUT2D eigenvalue weighted by atomic mass is 9.57. The summed E-state index contributed by atoms with van der Waals surface area (Å²) in [6, 6.07) is 7.66. The van der Waals surface area contributed by atoms with Crippen molar-refractivity contribution in [2.75, 3.05) is 7.11 Å². The molecule has 1 aromatic carbocycles. The third-order valence-electron chi connectivity index (χ3n) is 8.52. The Morgan fingerprint density at radius 2 is 1.84 bits per heavy atom. The zero-order valence-corrected chi connectivity index (χ0v) is 25.9. The van der Waals surface area contributed by atoms with E-state index in [0.717, 1.165) is 19.3 Å². The number of aldehydes is 1. The van der Waals surface area contributed by atoms with E-state index >= 15 is 0 Å². The van der Waals surface area contributed by atoms with Crippen LogP contribution in [-0.4, -0.2) is 43.2 Å². The zero-order valence-electron chi connectivity index (χ0n) is 25.9. The average molecular weight is 594 g/mol. The smallest absolute Gasteiger partial charge is 0.333 e. The molecular formula is C34H43NO8. The molecule has 1 fully saturated rings. The van der Waals surface area contributed by atoms with Gasteiger partial charge in [-0.2, -0.15) is 0 Å². The maximum Gasteiger partial charge on any atom is 0.333 e. The number of carbonyl (C=O) groups excluding carboxylic acids is 5. The van der Waals surface area contributed by atoms with Crippen molar-refractivity contribution in [3.05, 3.63) is 70.3 Å². The molecule has 9 nitrogen and oxygen atoms in total. The van der Waals surface area contributed by atoms with E-state index in [2.05, 4.69) is 19.3 Å². The Morgan fingerprint density at radius 3 is 2.47 bits per heavy atom. The van der Waals surface area contributed by atoms with Crippen molar-refractivity contribution in [2.45, 2.75) is 85.3 Å². The van der Waals surface area contributed by atoms with Gasteiger partial charge in [0.05, 0.1) is 13.0 Å². The fraction of sp³-hybridized carbons (Fsp3) is 0.500. The molecule has 2 aliphatic carbocycles. The summed E-state index contributed by atoms with van der Waals surface area (Å²) in [5.74, 6) is -2.63. The predicted octanol–water partition coefficient (Wildman–Crippen LogP) is 5.46. The third-order valence-corrected chi connectivity index (χ3v) is 8.52. The molecule has 0 bridgehead atoms. The number of unbranched alkanes of at least 4 members (excludes halogenated alkanes) is 1. The van der Waals surface area contributed by atoms with Gasteiger partial charge in [0, 0.05) is 16.6 Å². The predicted molar refractivity (Wildman–Crippen MR) is 160 cm³/mol. The molecular weight excluding hydrogens is 550 g/mol. The Labute approximate surface area is 253 Å². The standard InChI is InChI=1S/C34H43NO8/c1-7-8-12-21(2)17-22(3)31(38)42-29-16-15-26(34(5)19-25(23(4)20-36)28(37)18-27(29)34)32(39)43-35-30(33(40)41-6)24-13-10-9-11-14-24/h9-11,13-14,17-18,20-21,26,29-30,35H,7-8,12,15-16,19H2,1-6H3/b22-17+,25-23+/t21?,26-,29-,30-,34-/m1/s1. The summed E-state index contributed by atoms with van der Waals surface area (Å²) >= 11 is 0. The summed E-state index contributed by atoms with van der Waals surface area (Å²) in [5, 5.41) is 0. The minimum Gasteiger partial charge on any atom is -0.468 e. The normalized spacial score (nSPS) is 24.6. The van der Waals surface area contributed by atoms with Crippen molar-refractivity contribution >= 4 is 30.0 Å². The van der Waals surface area contributed by atoms with E-state index in [1.54, 1.807) is 44.2 Å². The van der Waals surface area contributed by atoms with Gasteiger partial charge >= 0.3 is 17.9 Å². The molecule has 1 unspecified atom stereocenters. The number of methoxy groups -OCH3 is 1. The van der Waals surface area contributed by atoms with Gasteiger partial charge in [0.25, 0.3) is 0 Å². The molecule has 1 aromatic rings. The molecule has 9 heteroatoms. The van der Waals surface area contributed by atoms with Crippen LogP contribution in [0.3, 0.4) is 0 Å². The van der Waals surface area contributed by atoms with E-state index in [9.17, 15) is 24.0 Å². The van der Waals surface area contributed by atoms with Gasteiger partial charge in [-0.25, -0.2) is 9.59 Å². The van der Waals surface area contributed by atoms with E-state index < -0.39 is 41.4 Å². The molecule has 0 heterocycles. The van der Waals surface area contributed by atoms with E-state index in [-0.39, 0.29) is 30.1 Å². The van der Waals surface area contributed by atoms with Crippen LogP contribution in [0.15, 0.2) is 64.8 Å². The topological polar surface area (TPSA) is 125 Å². The second-order valence-corrected chi connectivity index (χ2v) is 11.7. The lowest BCUT2D eigenvalue weighted by Crippen LogP contribution is -2.49. The molecule has 0 amide bonds. The summed E-state index contributed by atoms with van der Waals surface area (Å²) in [6.45, 7) is 9.28. The number of nitrogens with one attached hydrogen (secondary N) is 1. The first kappa shape index (κ1) is 33.6. The fourth-order valence-electron chi connectivity index (χ4n) is 5.96. The minimum absolute atomic E-state index is 0.0953. The van der Waals surface area contributed by atoms with Crippen molar-refractivity contribution in [1.29, 1.82) is 0 Å². The van der Waals surface area contributed by atoms with Crippen molar-refractivity contribution in [3.63, 3.8) is 0 Å². The van der Waals surface area contributed by atoms with Crippen LogP contribution >= 0.6 is 0 Å². The van der Waals surface area contributed by atoms with Crippen molar-refractivity contribution in [2.24, 2.45) is 17.3 Å². The van der Waals surface area contributed by atoms with Gasteiger partial charge in [0.1, 0.15) is 12.4 Å². The molecule has 5 atom stereocenters. The van der Waals surface area contributed by atoms with Crippen LogP contribution in [0.25, 0.3) is 0 Å². The summed E-state index contributed by atoms with van der Waals surface area (Å²) in [6.07, 6.45) is 6.98. The highest BCUT2D eigenvalue weighted by atomic mass is 16.7. The first-order valence-corrected chi connectivity index (χ1v) is 14.9. The second-order valence-electron chi connectivity index (χ2n) is 11.7. The molecule has 0 saturated heterocycles. The molecule has 0 spiro atoms. The molecule has 43 heavy (non-hydrogen) atoms. The maximum absolute atomic E-state index is 13.6. The average Bonchev–Trinajstić information content (AvgIpc) is 3.00. The molecule has 0 aromatic heterocycles. The number of allylic oxidation sites excluding steroid dienone is 4. The molecule has 2 aliphatic rings. The van der Waals surface area contributed by atoms with E-state index in [4.69, 9.17) is 14.3 Å². The molecule has 0 aliphatic heterocycles. The van der Waals surface area contributed by atoms with Gasteiger partial charge in [-0.05, 0) is 68.2 Å². The number of ether oxygens (including phenoxy) is 2.